The summed E-state index contributed by atoms with van der Waals surface area (Å²) in [5.74, 6) is 0.175. The summed E-state index contributed by atoms with van der Waals surface area (Å²) in [6.07, 6.45) is 0.912. The third-order valence-corrected chi connectivity index (χ3v) is 8.21. The molecule has 3 aromatic heterocycles. The lowest BCUT2D eigenvalue weighted by molar-refractivity contribution is -0.143. The van der Waals surface area contributed by atoms with Gasteiger partial charge in [-0.05, 0) is 63.7 Å². The molecular formula is C31H33F3N8O4. The first-order valence-corrected chi connectivity index (χ1v) is 14.9. The van der Waals surface area contributed by atoms with E-state index in [-0.39, 0.29) is 35.8 Å². The van der Waals surface area contributed by atoms with Gasteiger partial charge in [0.25, 0.3) is 5.91 Å². The number of benzene rings is 1. The van der Waals surface area contributed by atoms with Gasteiger partial charge in [-0.1, -0.05) is 0 Å². The molecule has 2 aliphatic heterocycles. The number of aromatic nitrogens is 4. The first-order chi connectivity index (χ1) is 22.0. The Morgan fingerprint density at radius 1 is 1.15 bits per heavy atom. The number of alkyl halides is 3. The second-order valence-corrected chi connectivity index (χ2v) is 11.2. The van der Waals surface area contributed by atoms with Crippen molar-refractivity contribution < 1.29 is 32.2 Å². The largest absolute Gasteiger partial charge is 0.493 e. The van der Waals surface area contributed by atoms with E-state index in [9.17, 15) is 22.8 Å². The first kappa shape index (κ1) is 31.2. The van der Waals surface area contributed by atoms with E-state index < -0.39 is 23.8 Å². The highest BCUT2D eigenvalue weighted by atomic mass is 19.4. The summed E-state index contributed by atoms with van der Waals surface area (Å²) >= 11 is 0. The van der Waals surface area contributed by atoms with Crippen LogP contribution < -0.4 is 15.8 Å². The van der Waals surface area contributed by atoms with Crippen LogP contribution in [0.25, 0.3) is 16.8 Å². The number of nitrogens with one attached hydrogen (secondary N) is 1. The number of likely N-dealkylation sites (tertiary alicyclic amines) is 1. The number of fused-ring (bicyclic) bond motifs is 1. The fourth-order valence-electron chi connectivity index (χ4n) is 5.94. The van der Waals surface area contributed by atoms with E-state index >= 15 is 0 Å². The number of nitrogen functional groups attached to an aromatic ring is 1. The Balaban J connectivity index is 1.33. The lowest BCUT2D eigenvalue weighted by Gasteiger charge is -2.35. The molecule has 2 saturated heterocycles. The van der Waals surface area contributed by atoms with Crippen molar-refractivity contribution in [2.45, 2.75) is 38.1 Å². The van der Waals surface area contributed by atoms with E-state index in [4.69, 9.17) is 20.2 Å². The van der Waals surface area contributed by atoms with Gasteiger partial charge in [-0.15, -0.1) is 0 Å². The van der Waals surface area contributed by atoms with E-state index in [2.05, 4.69) is 20.2 Å². The van der Waals surface area contributed by atoms with Crippen LogP contribution in [-0.4, -0.2) is 86.9 Å². The number of hydrogen-bond donors (Lipinski definition) is 2. The van der Waals surface area contributed by atoms with Gasteiger partial charge in [-0.25, -0.2) is 15.0 Å². The lowest BCUT2D eigenvalue weighted by Crippen LogP contribution is -2.49. The summed E-state index contributed by atoms with van der Waals surface area (Å²) in [6.45, 7) is 4.04. The van der Waals surface area contributed by atoms with Gasteiger partial charge in [-0.3, -0.25) is 18.9 Å². The third-order valence-electron chi connectivity index (χ3n) is 8.21. The number of nitrogens with zero attached hydrogens (tertiary/aromatic N) is 6. The molecule has 6 rings (SSSR count). The predicted octanol–water partition coefficient (Wildman–Crippen LogP) is 4.04. The standard InChI is InChI=1S/C31H33F3N8O4/c1-3-45-22-15-18(29(43)38-24-16-19(8-9-36-24)31(32,33)34)6-7-20(22)25-26-27(35)37-10-12-42(26)28(39-25)23-17-41(13-14-46-23)30(44)21-5-4-11-40(21)2/h6-10,12,15-16,21,23H,3-5,11,13-14,17H2,1-2H3,(H2,35,37)(H,36,38,43)/t21-,23-/m1/s1. The second-order valence-electron chi connectivity index (χ2n) is 11.2. The summed E-state index contributed by atoms with van der Waals surface area (Å²) < 4.78 is 53.3. The van der Waals surface area contributed by atoms with Crippen LogP contribution in [0.1, 0.15) is 47.6 Å². The molecule has 1 aromatic carbocycles. The Morgan fingerprint density at radius 2 is 1.98 bits per heavy atom. The van der Waals surface area contributed by atoms with Crippen molar-refractivity contribution >= 4 is 29.0 Å². The Morgan fingerprint density at radius 3 is 2.72 bits per heavy atom. The van der Waals surface area contributed by atoms with Crippen molar-refractivity contribution in [2.24, 2.45) is 0 Å². The minimum absolute atomic E-state index is 0.0726. The molecule has 3 N–H and O–H groups in total. The quantitative estimate of drug-likeness (QED) is 0.307. The molecule has 46 heavy (non-hydrogen) atoms. The van der Waals surface area contributed by atoms with E-state index in [1.807, 2.05) is 11.9 Å². The molecule has 5 heterocycles. The van der Waals surface area contributed by atoms with Crippen LogP contribution >= 0.6 is 0 Å². The lowest BCUT2D eigenvalue weighted by atomic mass is 10.1. The van der Waals surface area contributed by atoms with E-state index in [1.165, 1.54) is 12.1 Å². The van der Waals surface area contributed by atoms with Crippen molar-refractivity contribution in [3.8, 4) is 17.0 Å². The van der Waals surface area contributed by atoms with Crippen molar-refractivity contribution in [2.75, 3.05) is 50.9 Å². The summed E-state index contributed by atoms with van der Waals surface area (Å²) in [6, 6.07) is 6.05. The molecule has 0 bridgehead atoms. The number of likely N-dealkylation sites (N-methyl/N-ethyl adjacent to an activating group) is 1. The maximum Gasteiger partial charge on any atom is 0.416 e. The van der Waals surface area contributed by atoms with E-state index in [0.29, 0.717) is 48.0 Å². The summed E-state index contributed by atoms with van der Waals surface area (Å²) in [5.41, 5.74) is 6.99. The van der Waals surface area contributed by atoms with Crippen LogP contribution in [0.15, 0.2) is 48.9 Å². The number of hydrogen-bond acceptors (Lipinski definition) is 9. The van der Waals surface area contributed by atoms with Gasteiger partial charge in [-0.2, -0.15) is 13.2 Å². The zero-order valence-electron chi connectivity index (χ0n) is 25.3. The molecule has 0 spiro atoms. The minimum atomic E-state index is -4.59. The number of halogens is 3. The molecule has 2 aliphatic rings. The number of morpholine rings is 1. The van der Waals surface area contributed by atoms with Gasteiger partial charge in [0.1, 0.15) is 40.5 Å². The molecule has 0 radical (unpaired) electrons. The van der Waals surface area contributed by atoms with Gasteiger partial charge in [0.05, 0.1) is 31.4 Å². The molecule has 0 unspecified atom stereocenters. The number of pyridine rings is 1. The Bertz CT molecular complexity index is 1780. The van der Waals surface area contributed by atoms with Crippen molar-refractivity contribution in [3.05, 3.63) is 65.9 Å². The van der Waals surface area contributed by atoms with Crippen LogP contribution in [0.4, 0.5) is 24.8 Å². The average molecular weight is 639 g/mol. The monoisotopic (exact) mass is 638 g/mol. The SMILES string of the molecule is CCOc1cc(C(=O)Nc2cc(C(F)(F)F)ccn2)ccc1-c1nc([C@H]2CN(C(=O)[C@H]3CCCN3C)CCO2)n2ccnc(N)c12. The molecule has 15 heteroatoms. The number of rotatable bonds is 7. The number of imidazole rings is 1. The molecule has 12 nitrogen and oxygen atoms in total. The number of nitrogens with two attached hydrogens (primary N) is 1. The van der Waals surface area contributed by atoms with Crippen LogP contribution in [0.3, 0.4) is 0 Å². The maximum atomic E-state index is 13.4. The van der Waals surface area contributed by atoms with Gasteiger partial charge in [0.2, 0.25) is 5.91 Å². The smallest absolute Gasteiger partial charge is 0.416 e. The molecule has 2 fully saturated rings. The van der Waals surface area contributed by atoms with Crippen LogP contribution in [0.5, 0.6) is 5.75 Å². The van der Waals surface area contributed by atoms with E-state index in [0.717, 1.165) is 37.7 Å². The number of amides is 2. The average Bonchev–Trinajstić information content (AvgIpc) is 3.65. The predicted molar refractivity (Wildman–Crippen MR) is 162 cm³/mol. The normalized spacial score (nSPS) is 19.0. The molecule has 2 atom stereocenters. The van der Waals surface area contributed by atoms with Crippen LogP contribution in [-0.2, 0) is 15.7 Å². The Hall–Kier alpha value is -4.76. The highest BCUT2D eigenvalue weighted by molar-refractivity contribution is 6.04. The summed E-state index contributed by atoms with van der Waals surface area (Å²) in [7, 11) is 1.96. The minimum Gasteiger partial charge on any atom is -0.493 e. The van der Waals surface area contributed by atoms with Crippen molar-refractivity contribution in [1.29, 1.82) is 0 Å². The molecular weight excluding hydrogens is 605 g/mol. The molecule has 242 valence electrons. The van der Waals surface area contributed by atoms with Gasteiger partial charge in [0.15, 0.2) is 0 Å². The topological polar surface area (TPSA) is 140 Å². The summed E-state index contributed by atoms with van der Waals surface area (Å²) in [4.78, 5) is 43.4. The van der Waals surface area contributed by atoms with Crippen LogP contribution in [0.2, 0.25) is 0 Å². The highest BCUT2D eigenvalue weighted by Gasteiger charge is 2.36. The van der Waals surface area contributed by atoms with E-state index in [1.54, 1.807) is 29.8 Å². The number of carbonyl (C=O) groups excluding carboxylic acids is 2. The Labute approximate surface area is 262 Å². The molecule has 4 aromatic rings. The number of carbonyl (C=O) groups is 2. The molecule has 0 saturated carbocycles. The second kappa shape index (κ2) is 12.6. The highest BCUT2D eigenvalue weighted by Crippen LogP contribution is 2.38. The zero-order chi connectivity index (χ0) is 32.6. The first-order valence-electron chi connectivity index (χ1n) is 14.9. The van der Waals surface area contributed by atoms with Crippen LogP contribution in [0, 0.1) is 0 Å². The summed E-state index contributed by atoms with van der Waals surface area (Å²) in [5, 5.41) is 2.41. The van der Waals surface area contributed by atoms with Gasteiger partial charge >= 0.3 is 6.18 Å². The number of anilines is 2. The van der Waals surface area contributed by atoms with Gasteiger partial charge < -0.3 is 25.4 Å². The molecule has 2 amide bonds. The van der Waals surface area contributed by atoms with Crippen molar-refractivity contribution in [3.63, 3.8) is 0 Å². The number of ether oxygens (including phenoxy) is 2. The fourth-order valence-corrected chi connectivity index (χ4v) is 5.94. The fraction of sp³-hybridized carbons (Fsp3) is 0.387. The van der Waals surface area contributed by atoms with Crippen molar-refractivity contribution in [1.82, 2.24) is 29.2 Å². The maximum absolute atomic E-state index is 13.4. The zero-order valence-corrected chi connectivity index (χ0v) is 25.3. The third kappa shape index (κ3) is 6.07. The Kier molecular flexibility index (Phi) is 8.53. The molecule has 0 aliphatic carbocycles. The van der Waals surface area contributed by atoms with Gasteiger partial charge in [0, 0.05) is 36.3 Å².